The predicted octanol–water partition coefficient (Wildman–Crippen LogP) is 0.193. The number of hydrogen-bond acceptors (Lipinski definition) is 4. The maximum atomic E-state index is 12.4. The molecule has 0 aliphatic carbocycles. The van der Waals surface area contributed by atoms with Gasteiger partial charge in [-0.15, -0.1) is 0 Å². The Balaban J connectivity index is 2.23. The van der Waals surface area contributed by atoms with Crippen molar-refractivity contribution in [3.8, 4) is 0 Å². The smallest absolute Gasteiger partial charge is 0.257 e. The third kappa shape index (κ3) is 2.55. The fourth-order valence-corrected chi connectivity index (χ4v) is 1.96. The molecule has 1 aromatic heterocycles. The maximum absolute atomic E-state index is 12.4. The fourth-order valence-electron chi connectivity index (χ4n) is 1.96. The van der Waals surface area contributed by atoms with Gasteiger partial charge in [0.25, 0.3) is 5.91 Å². The fraction of sp³-hybridized carbons (Fsp3) is 0.500. The van der Waals surface area contributed by atoms with Crippen molar-refractivity contribution in [3.05, 3.63) is 23.9 Å². The van der Waals surface area contributed by atoms with E-state index in [-0.39, 0.29) is 5.91 Å². The highest BCUT2D eigenvalue weighted by atomic mass is 16.2. The van der Waals surface area contributed by atoms with E-state index in [1.54, 1.807) is 6.20 Å². The average molecular weight is 234 g/mol. The quantitative estimate of drug-likeness (QED) is 0.794. The molecule has 2 heterocycles. The van der Waals surface area contributed by atoms with Crippen LogP contribution in [0.5, 0.6) is 0 Å². The maximum Gasteiger partial charge on any atom is 0.257 e. The molecule has 1 N–H and O–H groups in total. The molecule has 1 aromatic rings. The van der Waals surface area contributed by atoms with Crippen LogP contribution in [0.25, 0.3) is 0 Å². The zero-order chi connectivity index (χ0) is 12.3. The summed E-state index contributed by atoms with van der Waals surface area (Å²) in [4.78, 5) is 20.4. The van der Waals surface area contributed by atoms with Gasteiger partial charge in [-0.1, -0.05) is 0 Å². The number of piperazine rings is 1. The van der Waals surface area contributed by atoms with Crippen LogP contribution in [-0.4, -0.2) is 56.1 Å². The van der Waals surface area contributed by atoms with E-state index in [0.717, 1.165) is 32.0 Å². The van der Waals surface area contributed by atoms with Crippen LogP contribution in [-0.2, 0) is 0 Å². The minimum atomic E-state index is 0.0725. The van der Waals surface area contributed by atoms with Gasteiger partial charge in [0.1, 0.15) is 5.82 Å². The van der Waals surface area contributed by atoms with Crippen molar-refractivity contribution >= 4 is 11.7 Å². The number of nitrogens with zero attached hydrogens (tertiary/aromatic N) is 3. The highest BCUT2D eigenvalue weighted by molar-refractivity contribution is 5.98. The van der Waals surface area contributed by atoms with Gasteiger partial charge < -0.3 is 15.1 Å². The zero-order valence-corrected chi connectivity index (χ0v) is 10.3. The predicted molar refractivity (Wildman–Crippen MR) is 67.3 cm³/mol. The molecular weight excluding hydrogens is 216 g/mol. The lowest BCUT2D eigenvalue weighted by Gasteiger charge is -2.28. The summed E-state index contributed by atoms with van der Waals surface area (Å²) in [6.07, 6.45) is 1.71. The molecule has 0 bridgehead atoms. The number of rotatable bonds is 2. The molecule has 0 aromatic carbocycles. The number of carbonyl (C=O) groups excluding carboxylic acids is 1. The minimum Gasteiger partial charge on any atom is -0.362 e. The van der Waals surface area contributed by atoms with Crippen LogP contribution in [0.4, 0.5) is 5.82 Å². The molecule has 2 rings (SSSR count). The van der Waals surface area contributed by atoms with E-state index in [1.807, 2.05) is 36.0 Å². The van der Waals surface area contributed by atoms with Gasteiger partial charge in [-0.05, 0) is 12.1 Å². The van der Waals surface area contributed by atoms with E-state index in [2.05, 4.69) is 10.3 Å². The summed E-state index contributed by atoms with van der Waals surface area (Å²) < 4.78 is 0. The van der Waals surface area contributed by atoms with Gasteiger partial charge in [-0.3, -0.25) is 4.79 Å². The summed E-state index contributed by atoms with van der Waals surface area (Å²) in [5.41, 5.74) is 0.680. The SMILES string of the molecule is CN(C)c1ncccc1C(=O)N1CCNCC1. The number of aromatic nitrogens is 1. The molecule has 1 aliphatic heterocycles. The first kappa shape index (κ1) is 11.9. The zero-order valence-electron chi connectivity index (χ0n) is 10.3. The van der Waals surface area contributed by atoms with Crippen molar-refractivity contribution in [2.24, 2.45) is 0 Å². The third-order valence-corrected chi connectivity index (χ3v) is 2.84. The van der Waals surface area contributed by atoms with E-state index in [1.165, 1.54) is 0 Å². The van der Waals surface area contributed by atoms with Crippen LogP contribution in [0, 0.1) is 0 Å². The molecule has 0 unspecified atom stereocenters. The van der Waals surface area contributed by atoms with E-state index in [4.69, 9.17) is 0 Å². The Morgan fingerprint density at radius 3 is 2.76 bits per heavy atom. The lowest BCUT2D eigenvalue weighted by atomic mass is 10.2. The van der Waals surface area contributed by atoms with Crippen LogP contribution in [0.15, 0.2) is 18.3 Å². The normalized spacial score (nSPS) is 15.8. The molecule has 1 aliphatic rings. The van der Waals surface area contributed by atoms with Gasteiger partial charge in [0.05, 0.1) is 5.56 Å². The monoisotopic (exact) mass is 234 g/mol. The van der Waals surface area contributed by atoms with Gasteiger partial charge in [-0.25, -0.2) is 4.98 Å². The molecule has 0 saturated carbocycles. The Morgan fingerprint density at radius 2 is 2.12 bits per heavy atom. The summed E-state index contributed by atoms with van der Waals surface area (Å²) in [7, 11) is 3.80. The first-order valence-electron chi connectivity index (χ1n) is 5.82. The summed E-state index contributed by atoms with van der Waals surface area (Å²) >= 11 is 0. The average Bonchev–Trinajstić information content (AvgIpc) is 2.39. The summed E-state index contributed by atoms with van der Waals surface area (Å²) in [5, 5.41) is 3.24. The first-order valence-corrected chi connectivity index (χ1v) is 5.82. The number of pyridine rings is 1. The van der Waals surface area contributed by atoms with Crippen LogP contribution in [0.2, 0.25) is 0 Å². The standard InChI is InChI=1S/C12H18N4O/c1-15(2)11-10(4-3-5-14-11)12(17)16-8-6-13-7-9-16/h3-5,13H,6-9H2,1-2H3. The Hall–Kier alpha value is -1.62. The molecule has 1 fully saturated rings. The van der Waals surface area contributed by atoms with Crippen molar-refractivity contribution in [2.75, 3.05) is 45.2 Å². The van der Waals surface area contributed by atoms with Crippen molar-refractivity contribution in [1.82, 2.24) is 15.2 Å². The summed E-state index contributed by atoms with van der Waals surface area (Å²) in [6, 6.07) is 3.65. The highest BCUT2D eigenvalue weighted by Gasteiger charge is 2.21. The van der Waals surface area contributed by atoms with Gasteiger partial charge in [-0.2, -0.15) is 0 Å². The molecular formula is C12H18N4O. The Bertz CT molecular complexity index is 399. The van der Waals surface area contributed by atoms with Crippen molar-refractivity contribution in [3.63, 3.8) is 0 Å². The third-order valence-electron chi connectivity index (χ3n) is 2.84. The minimum absolute atomic E-state index is 0.0725. The summed E-state index contributed by atoms with van der Waals surface area (Å²) in [5.74, 6) is 0.805. The largest absolute Gasteiger partial charge is 0.362 e. The Labute approximate surface area is 101 Å². The second-order valence-corrected chi connectivity index (χ2v) is 4.31. The van der Waals surface area contributed by atoms with Gasteiger partial charge in [0.2, 0.25) is 0 Å². The number of nitrogens with one attached hydrogen (secondary N) is 1. The van der Waals surface area contributed by atoms with Crippen molar-refractivity contribution < 1.29 is 4.79 Å². The Kier molecular flexibility index (Phi) is 3.58. The summed E-state index contributed by atoms with van der Waals surface area (Å²) in [6.45, 7) is 3.26. The van der Waals surface area contributed by atoms with Crippen LogP contribution >= 0.6 is 0 Å². The molecule has 0 atom stereocenters. The van der Waals surface area contributed by atoms with Crippen molar-refractivity contribution in [2.45, 2.75) is 0 Å². The molecule has 5 heteroatoms. The van der Waals surface area contributed by atoms with E-state index in [9.17, 15) is 4.79 Å². The molecule has 92 valence electrons. The molecule has 0 spiro atoms. The highest BCUT2D eigenvalue weighted by Crippen LogP contribution is 2.16. The van der Waals surface area contributed by atoms with Crippen LogP contribution in [0.1, 0.15) is 10.4 Å². The molecule has 1 amide bonds. The topological polar surface area (TPSA) is 48.5 Å². The van der Waals surface area contributed by atoms with E-state index < -0.39 is 0 Å². The number of anilines is 1. The van der Waals surface area contributed by atoms with Gasteiger partial charge in [0.15, 0.2) is 0 Å². The number of hydrogen-bond donors (Lipinski definition) is 1. The molecule has 0 radical (unpaired) electrons. The van der Waals surface area contributed by atoms with Gasteiger partial charge in [0, 0.05) is 46.5 Å². The molecule has 1 saturated heterocycles. The number of amides is 1. The Morgan fingerprint density at radius 1 is 1.41 bits per heavy atom. The lowest BCUT2D eigenvalue weighted by molar-refractivity contribution is 0.0736. The van der Waals surface area contributed by atoms with Crippen LogP contribution < -0.4 is 10.2 Å². The first-order chi connectivity index (χ1) is 8.20. The van der Waals surface area contributed by atoms with Crippen LogP contribution in [0.3, 0.4) is 0 Å². The van der Waals surface area contributed by atoms with Gasteiger partial charge >= 0.3 is 0 Å². The van der Waals surface area contributed by atoms with E-state index in [0.29, 0.717) is 5.56 Å². The second-order valence-electron chi connectivity index (χ2n) is 4.31. The molecule has 17 heavy (non-hydrogen) atoms. The van der Waals surface area contributed by atoms with E-state index >= 15 is 0 Å². The number of carbonyl (C=O) groups is 1. The lowest BCUT2D eigenvalue weighted by Crippen LogP contribution is -2.46. The second kappa shape index (κ2) is 5.14. The van der Waals surface area contributed by atoms with Crippen molar-refractivity contribution in [1.29, 1.82) is 0 Å². The molecule has 5 nitrogen and oxygen atoms in total.